The number of rotatable bonds is 5. The second-order valence-electron chi connectivity index (χ2n) is 3.95. The Morgan fingerprint density at radius 1 is 1.40 bits per heavy atom. The third-order valence-electron chi connectivity index (χ3n) is 2.25. The van der Waals surface area contributed by atoms with E-state index >= 15 is 0 Å². The van der Waals surface area contributed by atoms with E-state index in [4.69, 9.17) is 0 Å². The first-order valence-corrected chi connectivity index (χ1v) is 7.64. The van der Waals surface area contributed by atoms with E-state index in [-0.39, 0.29) is 0 Å². The molecule has 0 saturated heterocycles. The molecule has 1 heterocycles. The quantitative estimate of drug-likeness (QED) is 0.787. The Balaban J connectivity index is 2.79. The zero-order valence-electron chi connectivity index (χ0n) is 9.31. The first kappa shape index (κ1) is 13.7. The molecule has 1 rings (SSSR count). The van der Waals surface area contributed by atoms with E-state index < -0.39 is 0 Å². The molecule has 15 heavy (non-hydrogen) atoms. The van der Waals surface area contributed by atoms with Crippen molar-refractivity contribution in [2.75, 3.05) is 6.54 Å². The minimum atomic E-state index is 0.470. The van der Waals surface area contributed by atoms with Gasteiger partial charge in [-0.3, -0.25) is 0 Å². The number of hydrogen-bond donors (Lipinski definition) is 1. The summed E-state index contributed by atoms with van der Waals surface area (Å²) < 4.78 is 2.34. The summed E-state index contributed by atoms with van der Waals surface area (Å²) in [6.07, 6.45) is 1.18. The van der Waals surface area contributed by atoms with Crippen molar-refractivity contribution in [1.29, 1.82) is 0 Å². The van der Waals surface area contributed by atoms with Crippen molar-refractivity contribution < 1.29 is 0 Å². The zero-order chi connectivity index (χ0) is 11.4. The topological polar surface area (TPSA) is 12.0 Å². The molecular formula is C11H17Br2NS. The van der Waals surface area contributed by atoms with Gasteiger partial charge in [-0.25, -0.2) is 0 Å². The van der Waals surface area contributed by atoms with Crippen molar-refractivity contribution in [1.82, 2.24) is 5.32 Å². The first-order valence-electron chi connectivity index (χ1n) is 5.24. The molecule has 1 unspecified atom stereocenters. The molecular weight excluding hydrogens is 338 g/mol. The largest absolute Gasteiger partial charge is 0.309 e. The Labute approximate surface area is 113 Å². The van der Waals surface area contributed by atoms with E-state index in [1.54, 1.807) is 0 Å². The molecule has 0 amide bonds. The van der Waals surface area contributed by atoms with Crippen LogP contribution in [0.1, 0.15) is 38.1 Å². The van der Waals surface area contributed by atoms with Crippen molar-refractivity contribution in [3.8, 4) is 0 Å². The summed E-state index contributed by atoms with van der Waals surface area (Å²) in [5.74, 6) is 0.619. The van der Waals surface area contributed by atoms with Crippen LogP contribution in [-0.2, 0) is 0 Å². The van der Waals surface area contributed by atoms with Gasteiger partial charge in [0.25, 0.3) is 0 Å². The molecule has 0 fully saturated rings. The zero-order valence-corrected chi connectivity index (χ0v) is 13.3. The van der Waals surface area contributed by atoms with E-state index in [9.17, 15) is 0 Å². The van der Waals surface area contributed by atoms with Gasteiger partial charge in [-0.15, -0.1) is 11.3 Å². The summed E-state index contributed by atoms with van der Waals surface area (Å²) in [7, 11) is 0. The molecule has 1 nitrogen and oxygen atoms in total. The molecule has 0 bridgehead atoms. The lowest BCUT2D eigenvalue weighted by Gasteiger charge is -2.20. The lowest BCUT2D eigenvalue weighted by Crippen LogP contribution is -2.25. The molecule has 0 spiro atoms. The van der Waals surface area contributed by atoms with Crippen LogP contribution in [0.5, 0.6) is 0 Å². The molecule has 1 N–H and O–H groups in total. The van der Waals surface area contributed by atoms with Crippen LogP contribution >= 0.6 is 43.2 Å². The number of hydrogen-bond acceptors (Lipinski definition) is 2. The molecule has 86 valence electrons. The van der Waals surface area contributed by atoms with Crippen LogP contribution < -0.4 is 5.32 Å². The maximum Gasteiger partial charge on any atom is 0.0843 e. The molecule has 0 saturated carbocycles. The van der Waals surface area contributed by atoms with Gasteiger partial charge in [0.2, 0.25) is 0 Å². The van der Waals surface area contributed by atoms with Gasteiger partial charge in [-0.2, -0.15) is 0 Å². The molecule has 0 aliphatic carbocycles. The Kier molecular flexibility index (Phi) is 5.82. The normalized spacial score (nSPS) is 13.5. The van der Waals surface area contributed by atoms with Gasteiger partial charge in [0.05, 0.1) is 3.79 Å². The van der Waals surface area contributed by atoms with Crippen LogP contribution in [0.15, 0.2) is 14.3 Å². The first-order chi connectivity index (χ1) is 7.06. The highest BCUT2D eigenvalue weighted by Gasteiger charge is 2.18. The van der Waals surface area contributed by atoms with E-state index in [0.717, 1.165) is 11.0 Å². The van der Waals surface area contributed by atoms with Gasteiger partial charge in [0.1, 0.15) is 0 Å². The fourth-order valence-electron chi connectivity index (χ4n) is 1.48. The van der Waals surface area contributed by atoms with Gasteiger partial charge in [-0.05, 0) is 56.8 Å². The van der Waals surface area contributed by atoms with Crippen LogP contribution in [0, 0.1) is 5.92 Å². The number of thiophene rings is 1. The fourth-order valence-corrected chi connectivity index (χ4v) is 3.82. The van der Waals surface area contributed by atoms with E-state index in [0.29, 0.717) is 12.0 Å². The molecule has 0 radical (unpaired) electrons. The van der Waals surface area contributed by atoms with Crippen molar-refractivity contribution in [2.24, 2.45) is 5.92 Å². The third kappa shape index (κ3) is 3.84. The van der Waals surface area contributed by atoms with Crippen LogP contribution in [0.3, 0.4) is 0 Å². The van der Waals surface area contributed by atoms with E-state index in [1.807, 2.05) is 11.3 Å². The van der Waals surface area contributed by atoms with Crippen LogP contribution in [-0.4, -0.2) is 6.54 Å². The molecule has 1 aromatic heterocycles. The maximum absolute atomic E-state index is 3.59. The van der Waals surface area contributed by atoms with Crippen LogP contribution in [0.2, 0.25) is 0 Å². The van der Waals surface area contributed by atoms with Crippen LogP contribution in [0.25, 0.3) is 0 Å². The minimum absolute atomic E-state index is 0.470. The summed E-state index contributed by atoms with van der Waals surface area (Å²) in [5, 5.41) is 3.59. The smallest absolute Gasteiger partial charge is 0.0843 e. The second kappa shape index (κ2) is 6.38. The van der Waals surface area contributed by atoms with Crippen molar-refractivity contribution >= 4 is 43.2 Å². The molecule has 1 aromatic rings. The van der Waals surface area contributed by atoms with E-state index in [2.05, 4.69) is 64.0 Å². The number of halogens is 2. The highest BCUT2D eigenvalue weighted by Crippen LogP contribution is 2.37. The molecule has 0 aliphatic heterocycles. The summed E-state index contributed by atoms with van der Waals surface area (Å²) in [6, 6.07) is 2.68. The summed E-state index contributed by atoms with van der Waals surface area (Å²) in [4.78, 5) is 1.40. The average molecular weight is 355 g/mol. The molecule has 4 heteroatoms. The second-order valence-corrected chi connectivity index (χ2v) is 7.20. The molecule has 0 aromatic carbocycles. The van der Waals surface area contributed by atoms with Crippen molar-refractivity contribution in [2.45, 2.75) is 33.2 Å². The Morgan fingerprint density at radius 3 is 2.47 bits per heavy atom. The van der Waals surface area contributed by atoms with Gasteiger partial charge in [0.15, 0.2) is 0 Å². The Morgan fingerprint density at radius 2 is 2.07 bits per heavy atom. The average Bonchev–Trinajstić information content (AvgIpc) is 2.47. The monoisotopic (exact) mass is 353 g/mol. The van der Waals surface area contributed by atoms with Crippen molar-refractivity contribution in [3.63, 3.8) is 0 Å². The Bertz CT molecular complexity index is 290. The molecule has 0 aliphatic rings. The van der Waals surface area contributed by atoms with Crippen molar-refractivity contribution in [3.05, 3.63) is 19.2 Å². The van der Waals surface area contributed by atoms with Crippen LogP contribution in [0.4, 0.5) is 0 Å². The van der Waals surface area contributed by atoms with Gasteiger partial charge in [0, 0.05) is 15.4 Å². The molecule has 1 atom stereocenters. The van der Waals surface area contributed by atoms with Gasteiger partial charge < -0.3 is 5.32 Å². The lowest BCUT2D eigenvalue weighted by molar-refractivity contribution is 0.418. The highest BCUT2D eigenvalue weighted by molar-refractivity contribution is 9.13. The fraction of sp³-hybridized carbons (Fsp3) is 0.636. The SMILES string of the molecule is CCCNC(c1cc(Br)c(Br)s1)C(C)C. The predicted molar refractivity (Wildman–Crippen MR) is 75.6 cm³/mol. The highest BCUT2D eigenvalue weighted by atomic mass is 79.9. The minimum Gasteiger partial charge on any atom is -0.309 e. The third-order valence-corrected chi connectivity index (χ3v) is 5.59. The standard InChI is InChI=1S/C11H17Br2NS/c1-4-5-14-10(7(2)3)9-6-8(12)11(13)15-9/h6-7,10,14H,4-5H2,1-3H3. The number of nitrogens with one attached hydrogen (secondary N) is 1. The predicted octanol–water partition coefficient (Wildman–Crippen LogP) is 4.97. The van der Waals surface area contributed by atoms with Gasteiger partial charge >= 0.3 is 0 Å². The summed E-state index contributed by atoms with van der Waals surface area (Å²) in [5.41, 5.74) is 0. The summed E-state index contributed by atoms with van der Waals surface area (Å²) >= 11 is 8.89. The maximum atomic E-state index is 3.59. The van der Waals surface area contributed by atoms with E-state index in [1.165, 1.54) is 15.1 Å². The van der Waals surface area contributed by atoms with Gasteiger partial charge in [-0.1, -0.05) is 20.8 Å². The Hall–Kier alpha value is 0.620. The summed E-state index contributed by atoms with van der Waals surface area (Å²) in [6.45, 7) is 7.80. The lowest BCUT2D eigenvalue weighted by atomic mass is 10.0.